The molecule has 23 heavy (non-hydrogen) atoms. The van der Waals surface area contributed by atoms with Crippen LogP contribution in [0.25, 0.3) is 10.9 Å². The van der Waals surface area contributed by atoms with Gasteiger partial charge in [0.2, 0.25) is 0 Å². The number of hydrogen-bond donors (Lipinski definition) is 2. The van der Waals surface area contributed by atoms with Gasteiger partial charge in [0.25, 0.3) is 0 Å². The summed E-state index contributed by atoms with van der Waals surface area (Å²) >= 11 is 1.64. The fourth-order valence-corrected chi connectivity index (χ4v) is 3.64. The van der Waals surface area contributed by atoms with E-state index in [1.165, 1.54) is 0 Å². The summed E-state index contributed by atoms with van der Waals surface area (Å²) in [6, 6.07) is 13.6. The van der Waals surface area contributed by atoms with Crippen LogP contribution < -0.4 is 4.74 Å². The zero-order valence-electron chi connectivity index (χ0n) is 12.9. The van der Waals surface area contributed by atoms with E-state index in [0.717, 1.165) is 37.7 Å². The SMILES string of the molecule is COc1ccc2c(Sc3cccc(CC(=O)O)c3)c(C)[nH]c2c1. The van der Waals surface area contributed by atoms with Crippen molar-refractivity contribution in [2.24, 2.45) is 0 Å². The molecule has 118 valence electrons. The van der Waals surface area contributed by atoms with Gasteiger partial charge in [-0.1, -0.05) is 23.9 Å². The van der Waals surface area contributed by atoms with Crippen molar-refractivity contribution < 1.29 is 14.6 Å². The van der Waals surface area contributed by atoms with Crippen LogP contribution in [0, 0.1) is 6.92 Å². The van der Waals surface area contributed by atoms with Crippen LogP contribution in [0.2, 0.25) is 0 Å². The summed E-state index contributed by atoms with van der Waals surface area (Å²) in [5.74, 6) is 0.00118. The van der Waals surface area contributed by atoms with Crippen LogP contribution in [0.4, 0.5) is 0 Å². The zero-order valence-corrected chi connectivity index (χ0v) is 13.7. The minimum absolute atomic E-state index is 0.0401. The Morgan fingerprint density at radius 2 is 2.09 bits per heavy atom. The molecule has 0 radical (unpaired) electrons. The first kappa shape index (κ1) is 15.5. The maximum atomic E-state index is 10.9. The highest BCUT2D eigenvalue weighted by Crippen LogP contribution is 2.37. The van der Waals surface area contributed by atoms with Crippen LogP contribution >= 0.6 is 11.8 Å². The van der Waals surface area contributed by atoms with Crippen molar-refractivity contribution in [3.05, 3.63) is 53.7 Å². The van der Waals surface area contributed by atoms with E-state index in [2.05, 4.69) is 4.98 Å². The summed E-state index contributed by atoms with van der Waals surface area (Å²) in [6.45, 7) is 2.04. The number of fused-ring (bicyclic) bond motifs is 1. The molecule has 2 N–H and O–H groups in total. The number of benzene rings is 2. The number of carboxylic acids is 1. The lowest BCUT2D eigenvalue weighted by Gasteiger charge is -2.05. The lowest BCUT2D eigenvalue weighted by atomic mass is 10.2. The minimum Gasteiger partial charge on any atom is -0.497 e. The Morgan fingerprint density at radius 1 is 1.26 bits per heavy atom. The van der Waals surface area contributed by atoms with Crippen molar-refractivity contribution in [1.82, 2.24) is 4.98 Å². The molecule has 0 bridgehead atoms. The Balaban J connectivity index is 1.95. The van der Waals surface area contributed by atoms with Gasteiger partial charge in [0.1, 0.15) is 5.75 Å². The molecule has 0 aliphatic carbocycles. The first-order valence-corrected chi connectivity index (χ1v) is 8.03. The van der Waals surface area contributed by atoms with Gasteiger partial charge >= 0.3 is 5.97 Å². The molecule has 1 heterocycles. The highest BCUT2D eigenvalue weighted by atomic mass is 32.2. The molecule has 0 spiro atoms. The molecule has 3 aromatic rings. The van der Waals surface area contributed by atoms with Gasteiger partial charge in [-0.25, -0.2) is 0 Å². The highest BCUT2D eigenvalue weighted by Gasteiger charge is 2.11. The van der Waals surface area contributed by atoms with E-state index in [4.69, 9.17) is 9.84 Å². The number of aromatic amines is 1. The lowest BCUT2D eigenvalue weighted by molar-refractivity contribution is -0.136. The van der Waals surface area contributed by atoms with Gasteiger partial charge in [-0.05, 0) is 36.8 Å². The van der Waals surface area contributed by atoms with Crippen LogP contribution in [0.15, 0.2) is 52.3 Å². The Bertz CT molecular complexity index is 870. The highest BCUT2D eigenvalue weighted by molar-refractivity contribution is 7.99. The second-order valence-electron chi connectivity index (χ2n) is 5.31. The lowest BCUT2D eigenvalue weighted by Crippen LogP contribution is -1.99. The first-order valence-electron chi connectivity index (χ1n) is 7.21. The monoisotopic (exact) mass is 327 g/mol. The molecule has 0 saturated carbocycles. The number of aromatic nitrogens is 1. The van der Waals surface area contributed by atoms with Crippen molar-refractivity contribution in [1.29, 1.82) is 0 Å². The molecule has 0 amide bonds. The van der Waals surface area contributed by atoms with Crippen LogP contribution in [0.3, 0.4) is 0 Å². The topological polar surface area (TPSA) is 62.3 Å². The van der Waals surface area contributed by atoms with Gasteiger partial charge in [-0.2, -0.15) is 0 Å². The smallest absolute Gasteiger partial charge is 0.307 e. The summed E-state index contributed by atoms with van der Waals surface area (Å²) < 4.78 is 5.26. The quantitative estimate of drug-likeness (QED) is 0.735. The average molecular weight is 327 g/mol. The van der Waals surface area contributed by atoms with Gasteiger partial charge in [-0.15, -0.1) is 0 Å². The Labute approximate surface area is 138 Å². The first-order chi connectivity index (χ1) is 11.1. The number of ether oxygens (including phenoxy) is 1. The fraction of sp³-hybridized carbons (Fsp3) is 0.167. The van der Waals surface area contributed by atoms with E-state index in [9.17, 15) is 4.79 Å². The number of methoxy groups -OCH3 is 1. The Hall–Kier alpha value is -2.40. The number of H-pyrrole nitrogens is 1. The van der Waals surface area contributed by atoms with Crippen LogP contribution in [-0.4, -0.2) is 23.2 Å². The fourth-order valence-electron chi connectivity index (χ4n) is 2.56. The number of carboxylic acid groups (broad SMARTS) is 1. The molecule has 0 saturated heterocycles. The van der Waals surface area contributed by atoms with E-state index >= 15 is 0 Å². The molecule has 2 aromatic carbocycles. The summed E-state index contributed by atoms with van der Waals surface area (Å²) in [6.07, 6.45) is 0.0401. The summed E-state index contributed by atoms with van der Waals surface area (Å²) in [5.41, 5.74) is 2.93. The maximum Gasteiger partial charge on any atom is 0.307 e. The summed E-state index contributed by atoms with van der Waals surface area (Å²) in [7, 11) is 1.65. The Morgan fingerprint density at radius 3 is 2.83 bits per heavy atom. The van der Waals surface area contributed by atoms with Gasteiger partial charge in [0.15, 0.2) is 0 Å². The van der Waals surface area contributed by atoms with Crippen molar-refractivity contribution in [3.63, 3.8) is 0 Å². The van der Waals surface area contributed by atoms with Crippen molar-refractivity contribution in [2.75, 3.05) is 7.11 Å². The predicted molar refractivity (Wildman–Crippen MR) is 91.5 cm³/mol. The van der Waals surface area contributed by atoms with E-state index in [1.807, 2.05) is 49.4 Å². The van der Waals surface area contributed by atoms with Crippen LogP contribution in [0.5, 0.6) is 5.75 Å². The number of hydrogen-bond acceptors (Lipinski definition) is 3. The number of carbonyl (C=O) groups is 1. The van der Waals surface area contributed by atoms with Crippen molar-refractivity contribution >= 4 is 28.6 Å². The molecule has 0 aliphatic heterocycles. The number of aliphatic carboxylic acids is 1. The second kappa shape index (κ2) is 6.38. The van der Waals surface area contributed by atoms with Crippen molar-refractivity contribution in [3.8, 4) is 5.75 Å². The average Bonchev–Trinajstić information content (AvgIpc) is 2.82. The van der Waals surface area contributed by atoms with Crippen LogP contribution in [-0.2, 0) is 11.2 Å². The number of rotatable bonds is 5. The largest absolute Gasteiger partial charge is 0.497 e. The normalized spacial score (nSPS) is 10.9. The van der Waals surface area contributed by atoms with Crippen molar-refractivity contribution in [2.45, 2.75) is 23.1 Å². The van der Waals surface area contributed by atoms with Gasteiger partial charge < -0.3 is 14.8 Å². The van der Waals surface area contributed by atoms with Gasteiger partial charge in [-0.3, -0.25) is 4.79 Å². The molecule has 0 unspecified atom stereocenters. The zero-order chi connectivity index (χ0) is 16.4. The minimum atomic E-state index is -0.817. The summed E-state index contributed by atoms with van der Waals surface area (Å²) in [4.78, 5) is 16.4. The number of nitrogens with one attached hydrogen (secondary N) is 1. The maximum absolute atomic E-state index is 10.9. The third-order valence-corrected chi connectivity index (χ3v) is 4.83. The molecule has 0 aliphatic rings. The standard InChI is InChI=1S/C18H17NO3S/c1-11-18(15-7-6-13(22-2)10-16(15)19-11)23-14-5-3-4-12(8-14)9-17(20)21/h3-8,10,19H,9H2,1-2H3,(H,20,21). The summed E-state index contributed by atoms with van der Waals surface area (Å²) in [5, 5.41) is 10.1. The van der Waals surface area contributed by atoms with E-state index < -0.39 is 5.97 Å². The molecule has 3 rings (SSSR count). The second-order valence-corrected chi connectivity index (χ2v) is 6.39. The molecule has 0 fully saturated rings. The van der Waals surface area contributed by atoms with E-state index in [-0.39, 0.29) is 6.42 Å². The predicted octanol–water partition coefficient (Wildman–Crippen LogP) is 4.26. The molecule has 5 heteroatoms. The Kier molecular flexibility index (Phi) is 4.30. The van der Waals surface area contributed by atoms with E-state index in [1.54, 1.807) is 18.9 Å². The number of aryl methyl sites for hydroxylation is 1. The molecular formula is C18H17NO3S. The molecular weight excluding hydrogens is 310 g/mol. The van der Waals surface area contributed by atoms with Gasteiger partial charge in [0, 0.05) is 26.9 Å². The molecule has 4 nitrogen and oxygen atoms in total. The van der Waals surface area contributed by atoms with E-state index in [0.29, 0.717) is 0 Å². The third-order valence-electron chi connectivity index (χ3n) is 3.61. The molecule has 1 aromatic heterocycles. The van der Waals surface area contributed by atoms with Gasteiger partial charge in [0.05, 0.1) is 19.0 Å². The third kappa shape index (κ3) is 3.35. The molecule has 0 atom stereocenters. The van der Waals surface area contributed by atoms with Crippen LogP contribution in [0.1, 0.15) is 11.3 Å².